The Labute approximate surface area is 96.1 Å². The average Bonchev–Trinajstić information content (AvgIpc) is 2.34. The Balaban J connectivity index is 2.42. The lowest BCUT2D eigenvalue weighted by atomic mass is 9.95. The van der Waals surface area contributed by atoms with Crippen molar-refractivity contribution in [1.29, 1.82) is 0 Å². The quantitative estimate of drug-likeness (QED) is 0.790. The zero-order valence-corrected chi connectivity index (χ0v) is 9.91. The molecule has 0 aromatic heterocycles. The zero-order chi connectivity index (χ0) is 11.5. The molecule has 0 spiro atoms. The normalized spacial score (nSPS) is 15.0. The maximum Gasteiger partial charge on any atom is 0.198 e. The highest BCUT2D eigenvalue weighted by Crippen LogP contribution is 2.27. The van der Waals surface area contributed by atoms with Crippen molar-refractivity contribution in [3.8, 4) is 0 Å². The number of fused-ring (bicyclic) bond motifs is 1. The molecular formula is C13H17NO2. The highest BCUT2D eigenvalue weighted by molar-refractivity contribution is 5.71. The number of benzene rings is 1. The first kappa shape index (κ1) is 11.2. The van der Waals surface area contributed by atoms with Crippen LogP contribution in [0.3, 0.4) is 0 Å². The summed E-state index contributed by atoms with van der Waals surface area (Å²) in [7, 11) is 3.30. The SMILES string of the molecule is COC(OC)C1=C(C)c2ccccc2CN1. The van der Waals surface area contributed by atoms with Crippen LogP contribution in [-0.4, -0.2) is 20.5 Å². The van der Waals surface area contributed by atoms with Crippen LogP contribution >= 0.6 is 0 Å². The summed E-state index contributed by atoms with van der Waals surface area (Å²) in [4.78, 5) is 0. The van der Waals surface area contributed by atoms with Crippen molar-refractivity contribution in [3.63, 3.8) is 0 Å². The van der Waals surface area contributed by atoms with Gasteiger partial charge >= 0.3 is 0 Å². The van der Waals surface area contributed by atoms with Gasteiger partial charge in [-0.2, -0.15) is 0 Å². The van der Waals surface area contributed by atoms with Crippen LogP contribution in [0.5, 0.6) is 0 Å². The molecule has 2 rings (SSSR count). The van der Waals surface area contributed by atoms with Crippen LogP contribution in [0.15, 0.2) is 30.0 Å². The minimum absolute atomic E-state index is 0.312. The number of allylic oxidation sites excluding steroid dienone is 1. The van der Waals surface area contributed by atoms with Gasteiger partial charge < -0.3 is 14.8 Å². The zero-order valence-electron chi connectivity index (χ0n) is 9.91. The molecule has 1 aliphatic rings. The molecule has 86 valence electrons. The van der Waals surface area contributed by atoms with Gasteiger partial charge in [0.15, 0.2) is 6.29 Å². The lowest BCUT2D eigenvalue weighted by Crippen LogP contribution is -2.31. The molecule has 1 N–H and O–H groups in total. The first-order chi connectivity index (χ1) is 7.77. The highest BCUT2D eigenvalue weighted by Gasteiger charge is 2.21. The molecule has 3 nitrogen and oxygen atoms in total. The number of ether oxygens (including phenoxy) is 2. The molecule has 0 radical (unpaired) electrons. The molecule has 0 atom stereocenters. The van der Waals surface area contributed by atoms with Crippen molar-refractivity contribution in [1.82, 2.24) is 5.32 Å². The van der Waals surface area contributed by atoms with Crippen molar-refractivity contribution in [3.05, 3.63) is 41.1 Å². The van der Waals surface area contributed by atoms with Crippen LogP contribution in [-0.2, 0) is 16.0 Å². The van der Waals surface area contributed by atoms with Crippen molar-refractivity contribution >= 4 is 5.57 Å². The van der Waals surface area contributed by atoms with Gasteiger partial charge in [-0.25, -0.2) is 0 Å². The number of hydrogen-bond acceptors (Lipinski definition) is 3. The van der Waals surface area contributed by atoms with Gasteiger partial charge in [0.2, 0.25) is 0 Å². The predicted octanol–water partition coefficient (Wildman–Crippen LogP) is 2.14. The lowest BCUT2D eigenvalue weighted by molar-refractivity contribution is -0.0785. The molecule has 0 unspecified atom stereocenters. The molecule has 1 aromatic rings. The van der Waals surface area contributed by atoms with Crippen molar-refractivity contribution in [2.75, 3.05) is 14.2 Å². The minimum atomic E-state index is -0.312. The third kappa shape index (κ3) is 1.84. The summed E-state index contributed by atoms with van der Waals surface area (Å²) in [6.07, 6.45) is -0.312. The molecule has 1 aromatic carbocycles. The van der Waals surface area contributed by atoms with E-state index in [-0.39, 0.29) is 6.29 Å². The lowest BCUT2D eigenvalue weighted by Gasteiger charge is -2.27. The van der Waals surface area contributed by atoms with E-state index in [1.165, 1.54) is 16.7 Å². The van der Waals surface area contributed by atoms with Gasteiger partial charge in [0.1, 0.15) is 0 Å². The van der Waals surface area contributed by atoms with Gasteiger partial charge in [-0.1, -0.05) is 24.3 Å². The van der Waals surface area contributed by atoms with E-state index in [1.807, 2.05) is 0 Å². The Morgan fingerprint density at radius 3 is 2.56 bits per heavy atom. The van der Waals surface area contributed by atoms with E-state index in [9.17, 15) is 0 Å². The maximum atomic E-state index is 5.28. The van der Waals surface area contributed by atoms with Gasteiger partial charge in [-0.15, -0.1) is 0 Å². The summed E-state index contributed by atoms with van der Waals surface area (Å²) >= 11 is 0. The molecule has 1 heterocycles. The summed E-state index contributed by atoms with van der Waals surface area (Å²) in [5.74, 6) is 0. The Hall–Kier alpha value is -1.32. The van der Waals surface area contributed by atoms with E-state index in [0.717, 1.165) is 12.2 Å². The molecule has 0 aliphatic carbocycles. The molecule has 0 saturated heterocycles. The van der Waals surface area contributed by atoms with E-state index in [0.29, 0.717) is 0 Å². The molecular weight excluding hydrogens is 202 g/mol. The van der Waals surface area contributed by atoms with Crippen molar-refractivity contribution in [2.45, 2.75) is 19.8 Å². The number of nitrogens with one attached hydrogen (secondary N) is 1. The van der Waals surface area contributed by atoms with Crippen molar-refractivity contribution < 1.29 is 9.47 Å². The van der Waals surface area contributed by atoms with Gasteiger partial charge in [0.25, 0.3) is 0 Å². The highest BCUT2D eigenvalue weighted by atomic mass is 16.7. The Morgan fingerprint density at radius 1 is 1.19 bits per heavy atom. The van der Waals surface area contributed by atoms with E-state index in [2.05, 4.69) is 36.5 Å². The number of rotatable bonds is 3. The fraction of sp³-hybridized carbons (Fsp3) is 0.385. The summed E-state index contributed by atoms with van der Waals surface area (Å²) in [5, 5.41) is 3.36. The van der Waals surface area contributed by atoms with Crippen molar-refractivity contribution in [2.24, 2.45) is 0 Å². The Kier molecular flexibility index (Phi) is 3.27. The molecule has 0 amide bonds. The molecule has 3 heteroatoms. The summed E-state index contributed by atoms with van der Waals surface area (Å²) in [6, 6.07) is 8.38. The molecule has 1 aliphatic heterocycles. The average molecular weight is 219 g/mol. The summed E-state index contributed by atoms with van der Waals surface area (Å²) in [6.45, 7) is 2.91. The van der Waals surface area contributed by atoms with E-state index in [1.54, 1.807) is 14.2 Å². The van der Waals surface area contributed by atoms with Crippen LogP contribution in [0.1, 0.15) is 18.1 Å². The van der Waals surface area contributed by atoms with Crippen LogP contribution in [0.25, 0.3) is 5.57 Å². The topological polar surface area (TPSA) is 30.5 Å². The second-order valence-electron chi connectivity index (χ2n) is 3.85. The minimum Gasteiger partial charge on any atom is -0.380 e. The molecule has 0 fully saturated rings. The Morgan fingerprint density at radius 2 is 1.88 bits per heavy atom. The van der Waals surface area contributed by atoms with E-state index >= 15 is 0 Å². The molecule has 0 saturated carbocycles. The largest absolute Gasteiger partial charge is 0.380 e. The van der Waals surface area contributed by atoms with E-state index < -0.39 is 0 Å². The third-order valence-electron chi connectivity index (χ3n) is 2.96. The fourth-order valence-corrected chi connectivity index (χ4v) is 2.10. The van der Waals surface area contributed by atoms with Crippen LogP contribution < -0.4 is 5.32 Å². The standard InChI is InChI=1S/C13H17NO2/c1-9-11-7-5-4-6-10(11)8-14-12(9)13(15-2)16-3/h4-7,13-14H,8H2,1-3H3. The second kappa shape index (κ2) is 4.68. The molecule has 16 heavy (non-hydrogen) atoms. The maximum absolute atomic E-state index is 5.28. The number of hydrogen-bond donors (Lipinski definition) is 1. The predicted molar refractivity (Wildman–Crippen MR) is 63.7 cm³/mol. The van der Waals surface area contributed by atoms with Gasteiger partial charge in [-0.3, -0.25) is 0 Å². The monoisotopic (exact) mass is 219 g/mol. The van der Waals surface area contributed by atoms with Gasteiger partial charge in [0, 0.05) is 20.8 Å². The molecule has 0 bridgehead atoms. The first-order valence-corrected chi connectivity index (χ1v) is 5.36. The van der Waals surface area contributed by atoms with Crippen LogP contribution in [0.2, 0.25) is 0 Å². The summed E-state index contributed by atoms with van der Waals surface area (Å²) < 4.78 is 10.6. The van der Waals surface area contributed by atoms with Gasteiger partial charge in [0.05, 0.1) is 5.70 Å². The summed E-state index contributed by atoms with van der Waals surface area (Å²) in [5.41, 5.74) is 4.80. The van der Waals surface area contributed by atoms with Gasteiger partial charge in [-0.05, 0) is 23.6 Å². The second-order valence-corrected chi connectivity index (χ2v) is 3.85. The third-order valence-corrected chi connectivity index (χ3v) is 2.96. The van der Waals surface area contributed by atoms with Crippen LogP contribution in [0.4, 0.5) is 0 Å². The van der Waals surface area contributed by atoms with Crippen LogP contribution in [0, 0.1) is 0 Å². The fourth-order valence-electron chi connectivity index (χ4n) is 2.10. The Bertz CT molecular complexity index is 408. The smallest absolute Gasteiger partial charge is 0.198 e. The van der Waals surface area contributed by atoms with E-state index in [4.69, 9.17) is 9.47 Å². The number of methoxy groups -OCH3 is 2. The first-order valence-electron chi connectivity index (χ1n) is 5.36.